The molecule has 2 aromatic carbocycles. The maximum absolute atomic E-state index is 13.5. The Labute approximate surface area is 252 Å². The number of amides is 1. The Bertz CT molecular complexity index is 1540. The van der Waals surface area contributed by atoms with Crippen LogP contribution in [0.5, 0.6) is 5.75 Å². The van der Waals surface area contributed by atoms with E-state index in [-0.39, 0.29) is 28.4 Å². The molecule has 4 rings (SSSR count). The Hall–Kier alpha value is -2.80. The highest BCUT2D eigenvalue weighted by Crippen LogP contribution is 2.34. The number of nitrogens with one attached hydrogen (secondary N) is 1. The van der Waals surface area contributed by atoms with E-state index in [0.29, 0.717) is 33.6 Å². The Morgan fingerprint density at radius 1 is 1.14 bits per heavy atom. The van der Waals surface area contributed by atoms with Gasteiger partial charge in [0.15, 0.2) is 5.69 Å². The average Bonchev–Trinajstić information content (AvgIpc) is 3.24. The second-order valence-electron chi connectivity index (χ2n) is 10.5. The minimum atomic E-state index is -4.63. The van der Waals surface area contributed by atoms with E-state index in [1.165, 1.54) is 28.9 Å². The van der Waals surface area contributed by atoms with Crippen molar-refractivity contribution in [1.82, 2.24) is 20.0 Å². The first-order valence-electron chi connectivity index (χ1n) is 13.2. The zero-order chi connectivity index (χ0) is 30.8. The summed E-state index contributed by atoms with van der Waals surface area (Å²) in [5, 5.41) is 8.45. The van der Waals surface area contributed by atoms with Gasteiger partial charge in [-0.3, -0.25) is 4.79 Å². The lowest BCUT2D eigenvalue weighted by Crippen LogP contribution is -2.44. The third-order valence-electron chi connectivity index (χ3n) is 7.17. The number of halogens is 5. The van der Waals surface area contributed by atoms with Crippen molar-refractivity contribution in [2.45, 2.75) is 57.3 Å². The fourth-order valence-corrected chi connectivity index (χ4v) is 6.45. The van der Waals surface area contributed by atoms with E-state index in [4.69, 9.17) is 27.4 Å². The van der Waals surface area contributed by atoms with Crippen molar-refractivity contribution < 1.29 is 30.6 Å². The molecule has 42 heavy (non-hydrogen) atoms. The summed E-state index contributed by atoms with van der Waals surface area (Å²) >= 11 is 12.6. The number of hydrogen-bond donors (Lipinski definition) is 1. The minimum absolute atomic E-state index is 0.0125. The summed E-state index contributed by atoms with van der Waals surface area (Å²) in [5.41, 5.74) is 2.24. The van der Waals surface area contributed by atoms with Gasteiger partial charge in [0.05, 0.1) is 28.6 Å². The summed E-state index contributed by atoms with van der Waals surface area (Å²) in [6, 6.07) is 10.9. The van der Waals surface area contributed by atoms with Gasteiger partial charge in [-0.25, -0.2) is 4.68 Å². The van der Waals surface area contributed by atoms with Crippen LogP contribution in [0.15, 0.2) is 42.5 Å². The van der Waals surface area contributed by atoms with Crippen molar-refractivity contribution in [3.05, 3.63) is 63.8 Å². The first-order valence-corrected chi connectivity index (χ1v) is 15.6. The third kappa shape index (κ3) is 7.97. The zero-order valence-corrected chi connectivity index (χ0v) is 25.5. The number of aromatic nitrogens is 2. The molecular weight excluding hydrogens is 616 g/mol. The van der Waals surface area contributed by atoms with Crippen molar-refractivity contribution >= 4 is 39.2 Å². The van der Waals surface area contributed by atoms with E-state index >= 15 is 0 Å². The summed E-state index contributed by atoms with van der Waals surface area (Å²) < 4.78 is 68.0. The van der Waals surface area contributed by atoms with Crippen molar-refractivity contribution in [3.8, 4) is 22.7 Å². The summed E-state index contributed by atoms with van der Waals surface area (Å²) in [7, 11) is -0.419. The normalized spacial score (nSPS) is 17.8. The van der Waals surface area contributed by atoms with Crippen molar-refractivity contribution in [2.24, 2.45) is 0 Å². The van der Waals surface area contributed by atoms with E-state index < -0.39 is 28.5 Å². The molecule has 1 amide bonds. The van der Waals surface area contributed by atoms with E-state index in [2.05, 4.69) is 15.3 Å². The average molecular weight is 648 g/mol. The first kappa shape index (κ1) is 32.1. The van der Waals surface area contributed by atoms with Crippen LogP contribution in [0.1, 0.15) is 48.2 Å². The van der Waals surface area contributed by atoms with Gasteiger partial charge in [-0.05, 0) is 89.2 Å². The van der Waals surface area contributed by atoms with Gasteiger partial charge in [0.25, 0.3) is 5.91 Å². The molecule has 1 aliphatic rings. The molecule has 1 aliphatic carbocycles. The van der Waals surface area contributed by atoms with Crippen molar-refractivity contribution in [3.63, 3.8) is 0 Å². The lowest BCUT2D eigenvalue weighted by Gasteiger charge is -2.33. The molecule has 1 fully saturated rings. The summed E-state index contributed by atoms with van der Waals surface area (Å²) in [5.74, 6) is -1.69. The first-order chi connectivity index (χ1) is 19.6. The lowest BCUT2D eigenvalue weighted by atomic mass is 9.90. The van der Waals surface area contributed by atoms with Crippen LogP contribution in [0.2, 0.25) is 10.0 Å². The van der Waals surface area contributed by atoms with Crippen LogP contribution in [0.4, 0.5) is 13.2 Å². The fraction of sp³-hybridized carbons (Fsp3) is 0.429. The standard InChI is InChI=1S/C28H31Cl2F3N4O4S/c1-17-25(27(38)34-20-5-4-6-21(16-20)36(2)3)35-37(24-12-9-19(29)15-23(24)30)26(17)18-7-10-22(11-8-18)41-42(39,40)14-13-28(31,32)33/h7-12,15,20-21H,4-6,13-14,16H2,1-3H3,(H,34,38)/t20-,21-/m0/s1. The summed E-state index contributed by atoms with van der Waals surface area (Å²) in [6.45, 7) is 1.74. The zero-order valence-electron chi connectivity index (χ0n) is 23.2. The molecule has 0 bridgehead atoms. The van der Waals surface area contributed by atoms with Gasteiger partial charge in [0.1, 0.15) is 5.75 Å². The molecule has 228 valence electrons. The summed E-state index contributed by atoms with van der Waals surface area (Å²) in [4.78, 5) is 15.7. The number of carbonyl (C=O) groups excluding carboxylic acids is 1. The van der Waals surface area contributed by atoms with Crippen LogP contribution in [0, 0.1) is 6.92 Å². The minimum Gasteiger partial charge on any atom is -0.382 e. The molecule has 0 unspecified atom stereocenters. The molecule has 14 heteroatoms. The predicted octanol–water partition coefficient (Wildman–Crippen LogP) is 6.42. The van der Waals surface area contributed by atoms with Crippen LogP contribution in [0.25, 0.3) is 16.9 Å². The smallest absolute Gasteiger partial charge is 0.382 e. The Morgan fingerprint density at radius 2 is 1.83 bits per heavy atom. The quantitative estimate of drug-likeness (QED) is 0.270. The van der Waals surface area contributed by atoms with Gasteiger partial charge in [0.2, 0.25) is 0 Å². The third-order valence-corrected chi connectivity index (χ3v) is 8.86. The number of nitrogens with zero attached hydrogens (tertiary/aromatic N) is 3. The van der Waals surface area contributed by atoms with Gasteiger partial charge >= 0.3 is 16.3 Å². The highest BCUT2D eigenvalue weighted by atomic mass is 35.5. The number of carbonyl (C=O) groups is 1. The second kappa shape index (κ2) is 12.8. The van der Waals surface area contributed by atoms with Crippen LogP contribution >= 0.6 is 23.2 Å². The molecule has 1 aromatic heterocycles. The molecule has 0 aliphatic heterocycles. The van der Waals surface area contributed by atoms with Crippen molar-refractivity contribution in [2.75, 3.05) is 19.8 Å². The highest BCUT2D eigenvalue weighted by molar-refractivity contribution is 7.87. The molecule has 1 saturated carbocycles. The largest absolute Gasteiger partial charge is 0.390 e. The van der Waals surface area contributed by atoms with E-state index in [1.54, 1.807) is 25.1 Å². The molecular formula is C28H31Cl2F3N4O4S. The van der Waals surface area contributed by atoms with Gasteiger partial charge in [-0.2, -0.15) is 26.7 Å². The molecule has 2 atom stereocenters. The Kier molecular flexibility index (Phi) is 9.81. The lowest BCUT2D eigenvalue weighted by molar-refractivity contribution is -0.130. The Morgan fingerprint density at radius 3 is 2.45 bits per heavy atom. The molecule has 0 saturated heterocycles. The van der Waals surface area contributed by atoms with Crippen LogP contribution in [-0.2, 0) is 10.1 Å². The SMILES string of the molecule is Cc1c(C(=O)N[C@H]2CCC[C@H](N(C)C)C2)nn(-c2ccc(Cl)cc2Cl)c1-c1ccc(OS(=O)(=O)CCC(F)(F)F)cc1. The van der Waals surface area contributed by atoms with Crippen LogP contribution < -0.4 is 9.50 Å². The fourth-order valence-electron chi connectivity index (χ4n) is 4.99. The van der Waals surface area contributed by atoms with Gasteiger partial charge < -0.3 is 14.4 Å². The number of hydrogen-bond acceptors (Lipinski definition) is 6. The molecule has 1 N–H and O–H groups in total. The molecule has 3 aromatic rings. The Balaban J connectivity index is 1.66. The predicted molar refractivity (Wildman–Crippen MR) is 156 cm³/mol. The highest BCUT2D eigenvalue weighted by Gasteiger charge is 2.31. The van der Waals surface area contributed by atoms with E-state index in [9.17, 15) is 26.4 Å². The van der Waals surface area contributed by atoms with Gasteiger partial charge in [0, 0.05) is 28.2 Å². The number of benzene rings is 2. The van der Waals surface area contributed by atoms with Crippen LogP contribution in [0.3, 0.4) is 0 Å². The number of alkyl halides is 3. The second-order valence-corrected chi connectivity index (χ2v) is 13.1. The molecule has 0 radical (unpaired) electrons. The monoisotopic (exact) mass is 646 g/mol. The van der Waals surface area contributed by atoms with E-state index in [0.717, 1.165) is 25.7 Å². The van der Waals surface area contributed by atoms with Crippen molar-refractivity contribution in [1.29, 1.82) is 0 Å². The van der Waals surface area contributed by atoms with Gasteiger partial charge in [-0.15, -0.1) is 0 Å². The topological polar surface area (TPSA) is 93.5 Å². The summed E-state index contributed by atoms with van der Waals surface area (Å²) in [6.07, 6.45) is -2.41. The number of rotatable bonds is 9. The maximum Gasteiger partial charge on any atom is 0.390 e. The van der Waals surface area contributed by atoms with Crippen LogP contribution in [-0.4, -0.2) is 67.1 Å². The van der Waals surface area contributed by atoms with E-state index in [1.807, 2.05) is 14.1 Å². The van der Waals surface area contributed by atoms with Gasteiger partial charge in [-0.1, -0.05) is 23.2 Å². The molecule has 0 spiro atoms. The maximum atomic E-state index is 13.5. The molecule has 1 heterocycles. The molecule has 8 nitrogen and oxygen atoms in total.